The lowest BCUT2D eigenvalue weighted by Crippen LogP contribution is -2.41. The number of hydrogen-bond donors (Lipinski definition) is 0. The van der Waals surface area contributed by atoms with E-state index in [-0.39, 0.29) is 18.3 Å². The van der Waals surface area contributed by atoms with Crippen LogP contribution in [-0.4, -0.2) is 18.3 Å². The van der Waals surface area contributed by atoms with E-state index in [0.717, 1.165) is 5.46 Å². The summed E-state index contributed by atoms with van der Waals surface area (Å²) in [5, 5.41) is 5.11. The van der Waals surface area contributed by atoms with E-state index in [1.165, 1.54) is 32.7 Å². The minimum atomic E-state index is -0.331. The molecule has 0 unspecified atom stereocenters. The summed E-state index contributed by atoms with van der Waals surface area (Å²) in [4.78, 5) is 0. The van der Waals surface area contributed by atoms with Crippen molar-refractivity contribution in [3.63, 3.8) is 0 Å². The van der Waals surface area contributed by atoms with Crippen molar-refractivity contribution in [1.82, 2.24) is 0 Å². The number of hydrogen-bond acceptors (Lipinski definition) is 2. The van der Waals surface area contributed by atoms with Crippen LogP contribution in [0.25, 0.3) is 32.7 Å². The van der Waals surface area contributed by atoms with Crippen LogP contribution in [0, 0.1) is 0 Å². The third-order valence-electron chi connectivity index (χ3n) is 6.52. The van der Waals surface area contributed by atoms with E-state index in [2.05, 4.69) is 107 Å². The van der Waals surface area contributed by atoms with E-state index in [0.29, 0.717) is 0 Å². The molecule has 4 aromatic rings. The average Bonchev–Trinajstić information content (AvgIpc) is 2.95. The van der Waals surface area contributed by atoms with Crippen LogP contribution >= 0.6 is 0 Å². The molecule has 0 bridgehead atoms. The molecule has 144 valence electrons. The van der Waals surface area contributed by atoms with Crippen LogP contribution in [0.4, 0.5) is 0 Å². The van der Waals surface area contributed by atoms with E-state index in [4.69, 9.17) is 9.31 Å². The van der Waals surface area contributed by atoms with Gasteiger partial charge in [0.05, 0.1) is 11.2 Å². The van der Waals surface area contributed by atoms with Gasteiger partial charge in [0.15, 0.2) is 0 Å². The first kappa shape index (κ1) is 18.4. The minimum Gasteiger partial charge on any atom is -0.399 e. The minimum absolute atomic E-state index is 0.328. The molecule has 0 aliphatic carbocycles. The molecule has 1 aliphatic rings. The number of benzene rings is 4. The molecule has 5 rings (SSSR count). The standard InChI is InChI=1S/C26H25BO2/c1-25(2)26(3,4)29-27(28-25)20-15-13-18(14-16-20)24-17-19-9-5-6-10-21(19)22-11-7-8-12-23(22)24/h5-17H,1-4H3. The molecule has 0 atom stereocenters. The zero-order valence-corrected chi connectivity index (χ0v) is 17.4. The van der Waals surface area contributed by atoms with E-state index in [1.807, 2.05) is 0 Å². The van der Waals surface area contributed by atoms with Crippen molar-refractivity contribution < 1.29 is 9.31 Å². The van der Waals surface area contributed by atoms with Gasteiger partial charge in [0.1, 0.15) is 0 Å². The molecular weight excluding hydrogens is 355 g/mol. The summed E-state index contributed by atoms with van der Waals surface area (Å²) in [6.45, 7) is 8.34. The van der Waals surface area contributed by atoms with Crippen LogP contribution in [0.5, 0.6) is 0 Å². The number of fused-ring (bicyclic) bond motifs is 3. The lowest BCUT2D eigenvalue weighted by Gasteiger charge is -2.32. The lowest BCUT2D eigenvalue weighted by atomic mass is 9.78. The molecule has 0 saturated carbocycles. The van der Waals surface area contributed by atoms with Crippen molar-refractivity contribution in [2.24, 2.45) is 0 Å². The summed E-state index contributed by atoms with van der Waals surface area (Å²) >= 11 is 0. The van der Waals surface area contributed by atoms with Crippen LogP contribution in [0.3, 0.4) is 0 Å². The fraction of sp³-hybridized carbons (Fsp3) is 0.231. The summed E-state index contributed by atoms with van der Waals surface area (Å²) in [5.74, 6) is 0. The molecule has 1 fully saturated rings. The molecule has 4 aromatic carbocycles. The molecule has 0 aromatic heterocycles. The van der Waals surface area contributed by atoms with Crippen molar-refractivity contribution in [3.8, 4) is 11.1 Å². The van der Waals surface area contributed by atoms with Gasteiger partial charge in [-0.1, -0.05) is 72.8 Å². The van der Waals surface area contributed by atoms with Crippen molar-refractivity contribution in [2.75, 3.05) is 0 Å². The topological polar surface area (TPSA) is 18.5 Å². The van der Waals surface area contributed by atoms with Gasteiger partial charge < -0.3 is 9.31 Å². The summed E-state index contributed by atoms with van der Waals surface area (Å²) < 4.78 is 12.4. The molecule has 0 amide bonds. The first-order valence-electron chi connectivity index (χ1n) is 10.2. The van der Waals surface area contributed by atoms with Crippen molar-refractivity contribution in [1.29, 1.82) is 0 Å². The molecule has 1 aliphatic heterocycles. The van der Waals surface area contributed by atoms with Gasteiger partial charge in [0.2, 0.25) is 0 Å². The maximum absolute atomic E-state index is 6.20. The SMILES string of the molecule is CC1(C)OB(c2ccc(-c3cc4ccccc4c4ccccc34)cc2)OC1(C)C. The second-order valence-corrected chi connectivity index (χ2v) is 8.90. The van der Waals surface area contributed by atoms with E-state index in [1.54, 1.807) is 0 Å². The first-order valence-corrected chi connectivity index (χ1v) is 10.2. The zero-order chi connectivity index (χ0) is 20.2. The molecule has 1 saturated heterocycles. The maximum atomic E-state index is 6.20. The molecule has 0 spiro atoms. The second kappa shape index (κ2) is 6.45. The molecule has 2 nitrogen and oxygen atoms in total. The van der Waals surface area contributed by atoms with Gasteiger partial charge in [-0.25, -0.2) is 0 Å². The zero-order valence-electron chi connectivity index (χ0n) is 17.4. The highest BCUT2D eigenvalue weighted by atomic mass is 16.7. The lowest BCUT2D eigenvalue weighted by molar-refractivity contribution is 0.00578. The van der Waals surface area contributed by atoms with Crippen molar-refractivity contribution in [3.05, 3.63) is 78.9 Å². The van der Waals surface area contributed by atoms with Gasteiger partial charge in [-0.05, 0) is 71.9 Å². The van der Waals surface area contributed by atoms with Crippen LogP contribution < -0.4 is 5.46 Å². The highest BCUT2D eigenvalue weighted by molar-refractivity contribution is 6.62. The maximum Gasteiger partial charge on any atom is 0.494 e. The van der Waals surface area contributed by atoms with Crippen LogP contribution in [-0.2, 0) is 9.31 Å². The molecule has 3 heteroatoms. The van der Waals surface area contributed by atoms with Gasteiger partial charge in [0, 0.05) is 0 Å². The Morgan fingerprint density at radius 3 is 1.83 bits per heavy atom. The summed E-state index contributed by atoms with van der Waals surface area (Å²) in [6.07, 6.45) is 0. The Morgan fingerprint density at radius 2 is 1.17 bits per heavy atom. The Balaban J connectivity index is 1.58. The Labute approximate surface area is 172 Å². The van der Waals surface area contributed by atoms with Crippen LogP contribution in [0.15, 0.2) is 78.9 Å². The molecule has 0 radical (unpaired) electrons. The van der Waals surface area contributed by atoms with E-state index in [9.17, 15) is 0 Å². The monoisotopic (exact) mass is 380 g/mol. The summed E-state index contributed by atoms with van der Waals surface area (Å²) in [6, 6.07) is 28.1. The second-order valence-electron chi connectivity index (χ2n) is 8.90. The van der Waals surface area contributed by atoms with Crippen LogP contribution in [0.1, 0.15) is 27.7 Å². The van der Waals surface area contributed by atoms with Gasteiger partial charge in [0.25, 0.3) is 0 Å². The molecule has 0 N–H and O–H groups in total. The normalized spacial score (nSPS) is 17.9. The Bertz CT molecular complexity index is 1190. The molecule has 1 heterocycles. The predicted molar refractivity (Wildman–Crippen MR) is 123 cm³/mol. The quantitative estimate of drug-likeness (QED) is 0.316. The predicted octanol–water partition coefficient (Wildman–Crippen LogP) is 5.96. The number of rotatable bonds is 2. The van der Waals surface area contributed by atoms with Crippen molar-refractivity contribution >= 4 is 34.1 Å². The smallest absolute Gasteiger partial charge is 0.399 e. The van der Waals surface area contributed by atoms with Gasteiger partial charge in [-0.3, -0.25) is 0 Å². The average molecular weight is 380 g/mol. The van der Waals surface area contributed by atoms with Crippen LogP contribution in [0.2, 0.25) is 0 Å². The fourth-order valence-corrected chi connectivity index (χ4v) is 4.09. The Morgan fingerprint density at radius 1 is 0.621 bits per heavy atom. The fourth-order valence-electron chi connectivity index (χ4n) is 4.09. The molecule has 29 heavy (non-hydrogen) atoms. The first-order chi connectivity index (χ1) is 13.9. The van der Waals surface area contributed by atoms with Gasteiger partial charge >= 0.3 is 7.12 Å². The van der Waals surface area contributed by atoms with E-state index < -0.39 is 0 Å². The molecular formula is C26H25BO2. The van der Waals surface area contributed by atoms with Gasteiger partial charge in [-0.2, -0.15) is 0 Å². The van der Waals surface area contributed by atoms with Gasteiger partial charge in [-0.15, -0.1) is 0 Å². The summed E-state index contributed by atoms with van der Waals surface area (Å²) in [5.41, 5.74) is 2.85. The highest BCUT2D eigenvalue weighted by Gasteiger charge is 2.51. The Kier molecular flexibility index (Phi) is 4.09. The largest absolute Gasteiger partial charge is 0.494 e. The van der Waals surface area contributed by atoms with E-state index >= 15 is 0 Å². The van der Waals surface area contributed by atoms with Crippen molar-refractivity contribution in [2.45, 2.75) is 38.9 Å². The Hall–Kier alpha value is -2.62. The third kappa shape index (κ3) is 2.97. The third-order valence-corrected chi connectivity index (χ3v) is 6.52. The summed E-state index contributed by atoms with van der Waals surface area (Å²) in [7, 11) is -0.331. The highest BCUT2D eigenvalue weighted by Crippen LogP contribution is 2.37.